The van der Waals surface area contributed by atoms with Crippen molar-refractivity contribution in [1.82, 2.24) is 5.32 Å². The molecule has 0 bridgehead atoms. The Hall–Kier alpha value is -0.610. The number of ether oxygens (including phenoxy) is 1. The Morgan fingerprint density at radius 3 is 2.42 bits per heavy atom. The lowest BCUT2D eigenvalue weighted by molar-refractivity contribution is -0.135. The van der Waals surface area contributed by atoms with Gasteiger partial charge in [0.25, 0.3) is 0 Å². The first kappa shape index (κ1) is 16.4. The molecule has 1 aliphatic rings. The molecule has 0 saturated carbocycles. The van der Waals surface area contributed by atoms with Crippen molar-refractivity contribution in [1.29, 1.82) is 0 Å². The van der Waals surface area contributed by atoms with Gasteiger partial charge in [0.05, 0.1) is 5.41 Å². The molecule has 1 amide bonds. The Labute approximate surface area is 117 Å². The van der Waals surface area contributed by atoms with Crippen molar-refractivity contribution in [3.05, 3.63) is 0 Å². The fraction of sp³-hybridized carbons (Fsp3) is 0.933. The number of carbonyl (C=O) groups is 1. The van der Waals surface area contributed by atoms with Crippen LogP contribution in [0.4, 0.5) is 0 Å². The summed E-state index contributed by atoms with van der Waals surface area (Å²) in [5.41, 5.74) is 5.43. The minimum absolute atomic E-state index is 0.131. The summed E-state index contributed by atoms with van der Waals surface area (Å²) in [6.45, 7) is 4.75. The van der Waals surface area contributed by atoms with Crippen LogP contribution in [-0.2, 0) is 9.53 Å². The molecular formula is C15H30N2O2. The van der Waals surface area contributed by atoms with E-state index in [-0.39, 0.29) is 11.3 Å². The van der Waals surface area contributed by atoms with Crippen LogP contribution in [0.25, 0.3) is 0 Å². The van der Waals surface area contributed by atoms with Crippen molar-refractivity contribution in [3.8, 4) is 0 Å². The molecule has 1 fully saturated rings. The molecule has 1 saturated heterocycles. The molecule has 1 heterocycles. The molecule has 0 atom stereocenters. The number of hydrogen-bond acceptors (Lipinski definition) is 3. The van der Waals surface area contributed by atoms with Gasteiger partial charge in [-0.25, -0.2) is 0 Å². The predicted octanol–water partition coefficient (Wildman–Crippen LogP) is 2.22. The van der Waals surface area contributed by atoms with Gasteiger partial charge in [-0.3, -0.25) is 4.79 Å². The molecule has 0 unspecified atom stereocenters. The van der Waals surface area contributed by atoms with E-state index >= 15 is 0 Å². The summed E-state index contributed by atoms with van der Waals surface area (Å²) in [4.78, 5) is 12.2. The Balaban J connectivity index is 2.15. The van der Waals surface area contributed by atoms with Crippen LogP contribution >= 0.6 is 0 Å². The summed E-state index contributed by atoms with van der Waals surface area (Å²) < 4.78 is 5.32. The third kappa shape index (κ3) is 5.49. The van der Waals surface area contributed by atoms with Gasteiger partial charge in [-0.15, -0.1) is 0 Å². The van der Waals surface area contributed by atoms with Gasteiger partial charge in [-0.2, -0.15) is 0 Å². The molecule has 4 nitrogen and oxygen atoms in total. The molecule has 1 rings (SSSR count). The van der Waals surface area contributed by atoms with E-state index < -0.39 is 0 Å². The molecule has 19 heavy (non-hydrogen) atoms. The number of amides is 1. The maximum atomic E-state index is 12.2. The van der Waals surface area contributed by atoms with E-state index in [0.29, 0.717) is 19.8 Å². The summed E-state index contributed by atoms with van der Waals surface area (Å²) >= 11 is 0. The van der Waals surface area contributed by atoms with Gasteiger partial charge in [0.1, 0.15) is 0 Å². The number of carbonyl (C=O) groups excluding carboxylic acids is 1. The number of unbranched alkanes of at least 4 members (excludes halogenated alkanes) is 5. The number of nitrogens with two attached hydrogens (primary N) is 1. The first-order chi connectivity index (χ1) is 9.25. The summed E-state index contributed by atoms with van der Waals surface area (Å²) in [6, 6.07) is 0. The zero-order chi connectivity index (χ0) is 14.0. The van der Waals surface area contributed by atoms with Crippen LogP contribution in [0.15, 0.2) is 0 Å². The topological polar surface area (TPSA) is 64.4 Å². The Morgan fingerprint density at radius 2 is 1.79 bits per heavy atom. The molecule has 0 spiro atoms. The fourth-order valence-electron chi connectivity index (χ4n) is 2.58. The lowest BCUT2D eigenvalue weighted by Gasteiger charge is -2.34. The average molecular weight is 270 g/mol. The van der Waals surface area contributed by atoms with Gasteiger partial charge in [-0.1, -0.05) is 39.0 Å². The maximum Gasteiger partial charge on any atom is 0.227 e. The number of hydrogen-bond donors (Lipinski definition) is 2. The Morgan fingerprint density at radius 1 is 1.16 bits per heavy atom. The number of nitrogens with one attached hydrogen (secondary N) is 1. The van der Waals surface area contributed by atoms with Gasteiger partial charge >= 0.3 is 0 Å². The van der Waals surface area contributed by atoms with Gasteiger partial charge in [0.15, 0.2) is 0 Å². The van der Waals surface area contributed by atoms with E-state index in [1.165, 1.54) is 32.1 Å². The summed E-state index contributed by atoms with van der Waals surface area (Å²) in [7, 11) is 0. The molecule has 0 aromatic rings. The van der Waals surface area contributed by atoms with E-state index in [1.54, 1.807) is 0 Å². The largest absolute Gasteiger partial charge is 0.381 e. The van der Waals surface area contributed by atoms with E-state index in [4.69, 9.17) is 10.5 Å². The highest BCUT2D eigenvalue weighted by atomic mass is 16.5. The molecule has 3 N–H and O–H groups in total. The molecule has 0 radical (unpaired) electrons. The average Bonchev–Trinajstić information content (AvgIpc) is 2.46. The van der Waals surface area contributed by atoms with E-state index in [0.717, 1.165) is 25.8 Å². The molecule has 0 aromatic heterocycles. The van der Waals surface area contributed by atoms with Crippen LogP contribution in [0.1, 0.15) is 58.3 Å². The molecule has 0 aliphatic carbocycles. The second-order valence-corrected chi connectivity index (χ2v) is 5.62. The second kappa shape index (κ2) is 9.32. The molecular weight excluding hydrogens is 240 g/mol. The molecule has 112 valence electrons. The summed E-state index contributed by atoms with van der Waals surface area (Å²) in [6.07, 6.45) is 8.98. The smallest absolute Gasteiger partial charge is 0.227 e. The fourth-order valence-corrected chi connectivity index (χ4v) is 2.58. The summed E-state index contributed by atoms with van der Waals surface area (Å²) in [5.74, 6) is 0.131. The molecule has 4 heteroatoms. The van der Waals surface area contributed by atoms with Crippen LogP contribution in [0.2, 0.25) is 0 Å². The third-order valence-electron chi connectivity index (χ3n) is 4.14. The molecule has 1 aliphatic heterocycles. The minimum Gasteiger partial charge on any atom is -0.381 e. The van der Waals surface area contributed by atoms with E-state index in [2.05, 4.69) is 12.2 Å². The first-order valence-electron chi connectivity index (χ1n) is 7.81. The van der Waals surface area contributed by atoms with E-state index in [9.17, 15) is 4.79 Å². The minimum atomic E-state index is -0.375. The van der Waals surface area contributed by atoms with Gasteiger partial charge < -0.3 is 15.8 Å². The molecule has 0 aromatic carbocycles. The maximum absolute atomic E-state index is 12.2. The van der Waals surface area contributed by atoms with Crippen LogP contribution in [0, 0.1) is 5.41 Å². The van der Waals surface area contributed by atoms with Crippen LogP contribution < -0.4 is 11.1 Å². The first-order valence-corrected chi connectivity index (χ1v) is 7.81. The quantitative estimate of drug-likeness (QED) is 0.631. The monoisotopic (exact) mass is 270 g/mol. The number of rotatable bonds is 9. The second-order valence-electron chi connectivity index (χ2n) is 5.62. The van der Waals surface area contributed by atoms with Crippen molar-refractivity contribution in [3.63, 3.8) is 0 Å². The zero-order valence-electron chi connectivity index (χ0n) is 12.4. The van der Waals surface area contributed by atoms with Crippen molar-refractivity contribution < 1.29 is 9.53 Å². The van der Waals surface area contributed by atoms with Crippen LogP contribution in [0.3, 0.4) is 0 Å². The predicted molar refractivity (Wildman–Crippen MR) is 77.9 cm³/mol. The highest BCUT2D eigenvalue weighted by Gasteiger charge is 2.38. The standard InChI is InChI=1S/C15H30N2O2/c1-2-3-4-5-6-7-10-17-14(18)15(13-16)8-11-19-12-9-15/h2-13,16H2,1H3,(H,17,18). The van der Waals surface area contributed by atoms with Crippen molar-refractivity contribution in [2.45, 2.75) is 58.3 Å². The van der Waals surface area contributed by atoms with E-state index in [1.807, 2.05) is 0 Å². The Kier molecular flexibility index (Phi) is 8.07. The highest BCUT2D eigenvalue weighted by molar-refractivity contribution is 5.83. The van der Waals surface area contributed by atoms with Crippen molar-refractivity contribution in [2.75, 3.05) is 26.3 Å². The van der Waals surface area contributed by atoms with Gasteiger partial charge in [-0.05, 0) is 19.3 Å². The van der Waals surface area contributed by atoms with Crippen LogP contribution in [0.5, 0.6) is 0 Å². The normalized spacial score (nSPS) is 18.2. The Bertz CT molecular complexity index is 251. The lowest BCUT2D eigenvalue weighted by atomic mass is 9.79. The van der Waals surface area contributed by atoms with Crippen molar-refractivity contribution in [2.24, 2.45) is 11.1 Å². The van der Waals surface area contributed by atoms with Gasteiger partial charge in [0, 0.05) is 26.3 Å². The van der Waals surface area contributed by atoms with Crippen LogP contribution in [-0.4, -0.2) is 32.2 Å². The highest BCUT2D eigenvalue weighted by Crippen LogP contribution is 2.29. The van der Waals surface area contributed by atoms with Crippen molar-refractivity contribution >= 4 is 5.91 Å². The summed E-state index contributed by atoms with van der Waals surface area (Å²) in [5, 5.41) is 3.06. The SMILES string of the molecule is CCCCCCCCNC(=O)C1(CN)CCOCC1. The third-order valence-corrected chi connectivity index (χ3v) is 4.14. The van der Waals surface area contributed by atoms with Gasteiger partial charge in [0.2, 0.25) is 5.91 Å². The zero-order valence-corrected chi connectivity index (χ0v) is 12.4. The lowest BCUT2D eigenvalue weighted by Crippen LogP contribution is -2.49.